The topological polar surface area (TPSA) is 210 Å². The molecule has 0 unspecified atom stereocenters. The number of H-pyrrole nitrogens is 1. The van der Waals surface area contributed by atoms with Crippen molar-refractivity contribution in [2.45, 2.75) is 110 Å². The average Bonchev–Trinajstić information content (AvgIpc) is 3.78. The summed E-state index contributed by atoms with van der Waals surface area (Å²) in [5.74, 6) is -0.342. The van der Waals surface area contributed by atoms with E-state index in [0.717, 1.165) is 35.1 Å². The van der Waals surface area contributed by atoms with Gasteiger partial charge in [-0.05, 0) is 144 Å². The second-order valence-corrected chi connectivity index (χ2v) is 18.2. The molecule has 330 valence electrons. The lowest BCUT2D eigenvalue weighted by atomic mass is 9.81. The minimum absolute atomic E-state index is 0.0611. The van der Waals surface area contributed by atoms with E-state index in [2.05, 4.69) is 41.9 Å². The Labute approximate surface area is 362 Å². The van der Waals surface area contributed by atoms with Crippen LogP contribution in [0.2, 0.25) is 0 Å². The molecule has 2 fully saturated rings. The van der Waals surface area contributed by atoms with E-state index < -0.39 is 23.3 Å². The summed E-state index contributed by atoms with van der Waals surface area (Å²) in [7, 11) is 0. The van der Waals surface area contributed by atoms with Gasteiger partial charge in [0, 0.05) is 54.8 Å². The maximum Gasteiger partial charge on any atom is 0.410 e. The summed E-state index contributed by atoms with van der Waals surface area (Å²) >= 11 is 0. The van der Waals surface area contributed by atoms with Crippen LogP contribution in [0.25, 0.3) is 22.5 Å². The van der Waals surface area contributed by atoms with Crippen molar-refractivity contribution in [3.63, 3.8) is 0 Å². The Hall–Kier alpha value is -6.32. The number of aromatic amines is 1. The summed E-state index contributed by atoms with van der Waals surface area (Å²) < 4.78 is 10.9. The fourth-order valence-electron chi connectivity index (χ4n) is 7.60. The number of carbonyl (C=O) groups is 5. The van der Waals surface area contributed by atoms with Gasteiger partial charge >= 0.3 is 12.2 Å². The van der Waals surface area contributed by atoms with Crippen LogP contribution < -0.4 is 21.3 Å². The number of rotatable bonds is 12. The normalized spacial score (nSPS) is 17.6. The van der Waals surface area contributed by atoms with Crippen LogP contribution in [-0.4, -0.2) is 98.4 Å². The molecule has 1 saturated heterocycles. The van der Waals surface area contributed by atoms with E-state index in [4.69, 9.17) is 9.47 Å². The quantitative estimate of drug-likeness (QED) is 0.102. The van der Waals surface area contributed by atoms with E-state index in [1.807, 2.05) is 84.0 Å². The number of nitrogens with one attached hydrogen (secondary N) is 5. The highest BCUT2D eigenvalue weighted by Gasteiger charge is 2.31. The van der Waals surface area contributed by atoms with Gasteiger partial charge in [-0.2, -0.15) is 5.21 Å². The first kappa shape index (κ1) is 45.2. The average molecular weight is 850 g/mol. The molecule has 5 amide bonds. The fraction of sp³-hybridized carbons (Fsp3) is 0.478. The number of anilines is 1. The molecule has 4 aromatic rings. The monoisotopic (exact) mass is 849 g/mol. The van der Waals surface area contributed by atoms with Crippen molar-refractivity contribution in [1.29, 1.82) is 0 Å². The molecule has 1 aliphatic carbocycles. The molecule has 2 heterocycles. The first-order valence-corrected chi connectivity index (χ1v) is 21.4. The molecule has 62 heavy (non-hydrogen) atoms. The summed E-state index contributed by atoms with van der Waals surface area (Å²) in [6, 6.07) is 21.3. The largest absolute Gasteiger partial charge is 0.444 e. The molecule has 6 rings (SSSR count). The fourth-order valence-corrected chi connectivity index (χ4v) is 7.60. The van der Waals surface area contributed by atoms with Gasteiger partial charge in [-0.3, -0.25) is 14.4 Å². The number of benzene rings is 3. The van der Waals surface area contributed by atoms with Crippen molar-refractivity contribution in [2.75, 3.05) is 25.0 Å². The van der Waals surface area contributed by atoms with Gasteiger partial charge in [-0.1, -0.05) is 36.4 Å². The van der Waals surface area contributed by atoms with Crippen LogP contribution in [0.5, 0.6) is 0 Å². The minimum Gasteiger partial charge on any atom is -0.444 e. The van der Waals surface area contributed by atoms with E-state index in [1.54, 1.807) is 35.2 Å². The molecule has 5 N–H and O–H groups in total. The molecule has 3 aromatic carbocycles. The zero-order valence-corrected chi connectivity index (χ0v) is 36.5. The summed E-state index contributed by atoms with van der Waals surface area (Å²) in [6.45, 7) is 12.5. The number of tetrazole rings is 1. The lowest BCUT2D eigenvalue weighted by Gasteiger charge is -2.33. The highest BCUT2D eigenvalue weighted by molar-refractivity contribution is 5.98. The lowest BCUT2D eigenvalue weighted by Crippen LogP contribution is -2.48. The third kappa shape index (κ3) is 13.3. The molecule has 0 spiro atoms. The zero-order valence-electron chi connectivity index (χ0n) is 36.5. The maximum absolute atomic E-state index is 13.9. The number of aromatic nitrogens is 4. The van der Waals surface area contributed by atoms with E-state index in [9.17, 15) is 24.0 Å². The maximum atomic E-state index is 13.9. The van der Waals surface area contributed by atoms with Crippen molar-refractivity contribution in [1.82, 2.24) is 41.5 Å². The Morgan fingerprint density at radius 2 is 1.45 bits per heavy atom. The first-order valence-electron chi connectivity index (χ1n) is 21.4. The molecule has 16 heteroatoms. The molecular weight excluding hydrogens is 791 g/mol. The molecule has 1 aromatic heterocycles. The second-order valence-electron chi connectivity index (χ2n) is 18.2. The number of alkyl carbamates (subject to hydrolysis) is 1. The number of hydrogen-bond donors (Lipinski definition) is 5. The van der Waals surface area contributed by atoms with Crippen molar-refractivity contribution in [3.05, 3.63) is 83.9 Å². The van der Waals surface area contributed by atoms with Crippen LogP contribution in [0.15, 0.2) is 72.8 Å². The Balaban J connectivity index is 1.07. The van der Waals surface area contributed by atoms with Crippen LogP contribution in [0.3, 0.4) is 0 Å². The molecule has 16 nitrogen and oxygen atoms in total. The van der Waals surface area contributed by atoms with Crippen molar-refractivity contribution in [2.24, 2.45) is 11.8 Å². The summed E-state index contributed by atoms with van der Waals surface area (Å²) in [5.41, 5.74) is 3.23. The van der Waals surface area contributed by atoms with Crippen LogP contribution in [0.4, 0.5) is 15.3 Å². The SMILES string of the molecule is CC(C)(C)OC(=O)NC[C@H]1CC[C@H](C(=O)N[C@@H](Cc2ccc(-c3cccc(C(=O)NC4CCN(C(=O)OC(C)(C)C)CC4)c3)cc2)C(=O)Nc2ccc(-c3nn[nH]n3)cc2)CC1. The van der Waals surface area contributed by atoms with Gasteiger partial charge in [0.05, 0.1) is 0 Å². The summed E-state index contributed by atoms with van der Waals surface area (Å²) in [6.07, 6.45) is 3.51. The second kappa shape index (κ2) is 20.0. The predicted molar refractivity (Wildman–Crippen MR) is 234 cm³/mol. The smallest absolute Gasteiger partial charge is 0.410 e. The van der Waals surface area contributed by atoms with Gasteiger partial charge in [0.15, 0.2) is 0 Å². The van der Waals surface area contributed by atoms with Gasteiger partial charge in [0.1, 0.15) is 17.2 Å². The number of likely N-dealkylation sites (tertiary alicyclic amines) is 1. The van der Waals surface area contributed by atoms with E-state index >= 15 is 0 Å². The van der Waals surface area contributed by atoms with Crippen LogP contribution in [0.1, 0.15) is 96.0 Å². The molecule has 0 bridgehead atoms. The van der Waals surface area contributed by atoms with Crippen molar-refractivity contribution in [3.8, 4) is 22.5 Å². The Morgan fingerprint density at radius 3 is 2.08 bits per heavy atom. The number of hydrogen-bond acceptors (Lipinski definition) is 10. The number of amides is 5. The third-order valence-electron chi connectivity index (χ3n) is 10.9. The van der Waals surface area contributed by atoms with Gasteiger partial charge in [-0.15, -0.1) is 10.2 Å². The van der Waals surface area contributed by atoms with Crippen molar-refractivity contribution < 1.29 is 33.4 Å². The standard InChI is InChI=1S/C46H59N9O7/c1-45(2,3)61-43(59)47-28-30-12-16-33(17-13-30)40(56)50-38(42(58)49-36-20-18-32(19-21-36)39-51-53-54-52-39)26-29-10-14-31(15-11-29)34-8-7-9-35(27-34)41(57)48-37-22-24-55(25-23-37)44(60)62-46(4,5)6/h7-11,14-15,18-21,27,30,33,37-38H,12-13,16-17,22-26,28H2,1-6H3,(H,47,59)(H,48,57)(H,49,58)(H,50,56)(H,51,52,53,54)/t30-,33-,38-/m0/s1. The van der Waals surface area contributed by atoms with Gasteiger partial charge in [0.25, 0.3) is 5.91 Å². The van der Waals surface area contributed by atoms with Gasteiger partial charge in [-0.25, -0.2) is 9.59 Å². The number of ether oxygens (including phenoxy) is 2. The van der Waals surface area contributed by atoms with Crippen LogP contribution in [-0.2, 0) is 25.5 Å². The minimum atomic E-state index is -0.875. The molecule has 1 saturated carbocycles. The molecule has 1 aliphatic heterocycles. The zero-order chi connectivity index (χ0) is 44.4. The van der Waals surface area contributed by atoms with Crippen molar-refractivity contribution >= 4 is 35.6 Å². The molecule has 2 aliphatic rings. The number of piperidine rings is 1. The number of nitrogens with zero attached hydrogens (tertiary/aromatic N) is 4. The number of carbonyl (C=O) groups excluding carboxylic acids is 5. The predicted octanol–water partition coefficient (Wildman–Crippen LogP) is 6.66. The molecule has 1 atom stereocenters. The van der Waals surface area contributed by atoms with E-state index in [0.29, 0.717) is 62.4 Å². The Kier molecular flexibility index (Phi) is 14.6. The van der Waals surface area contributed by atoms with Crippen LogP contribution >= 0.6 is 0 Å². The highest BCUT2D eigenvalue weighted by Crippen LogP contribution is 2.29. The first-order chi connectivity index (χ1) is 29.5. The van der Waals surface area contributed by atoms with Crippen LogP contribution in [0, 0.1) is 11.8 Å². The Bertz CT molecular complexity index is 2150. The molecular formula is C46H59N9O7. The van der Waals surface area contributed by atoms with E-state index in [1.165, 1.54) is 0 Å². The third-order valence-corrected chi connectivity index (χ3v) is 10.9. The lowest BCUT2D eigenvalue weighted by molar-refractivity contribution is -0.130. The summed E-state index contributed by atoms with van der Waals surface area (Å²) in [5, 5.41) is 26.0. The Morgan fingerprint density at radius 1 is 0.790 bits per heavy atom. The van der Waals surface area contributed by atoms with Gasteiger partial charge in [0.2, 0.25) is 17.6 Å². The highest BCUT2D eigenvalue weighted by atomic mass is 16.6. The van der Waals surface area contributed by atoms with E-state index in [-0.39, 0.29) is 48.1 Å². The summed E-state index contributed by atoms with van der Waals surface area (Å²) in [4.78, 5) is 67.3. The molecule has 0 radical (unpaired) electrons. The van der Waals surface area contributed by atoms with Gasteiger partial charge < -0.3 is 35.6 Å².